The first-order valence-corrected chi connectivity index (χ1v) is 9.06. The quantitative estimate of drug-likeness (QED) is 0.816. The third-order valence-electron chi connectivity index (χ3n) is 3.11. The van der Waals surface area contributed by atoms with Gasteiger partial charge in [0.25, 0.3) is 0 Å². The highest BCUT2D eigenvalue weighted by Crippen LogP contribution is 2.30. The Morgan fingerprint density at radius 3 is 2.71 bits per heavy atom. The van der Waals surface area contributed by atoms with Crippen molar-refractivity contribution >= 4 is 31.5 Å². The van der Waals surface area contributed by atoms with Crippen molar-refractivity contribution in [1.29, 1.82) is 0 Å². The number of aromatic nitrogens is 4. The number of nitrogens with two attached hydrogens (primary N) is 1. The summed E-state index contributed by atoms with van der Waals surface area (Å²) in [5.74, 6) is 0.463. The van der Waals surface area contributed by atoms with E-state index in [1.807, 2.05) is 13.0 Å². The van der Waals surface area contributed by atoms with Crippen molar-refractivity contribution < 1.29 is 8.42 Å². The van der Waals surface area contributed by atoms with Gasteiger partial charge >= 0.3 is 0 Å². The highest BCUT2D eigenvalue weighted by atomic mass is 79.9. The van der Waals surface area contributed by atoms with E-state index < -0.39 is 9.84 Å². The van der Waals surface area contributed by atoms with Crippen molar-refractivity contribution in [2.75, 3.05) is 17.7 Å². The summed E-state index contributed by atoms with van der Waals surface area (Å²) in [5.41, 5.74) is 8.19. The maximum Gasteiger partial charge on any atom is 0.182 e. The van der Waals surface area contributed by atoms with Crippen molar-refractivity contribution in [2.45, 2.75) is 19.9 Å². The molecule has 0 aliphatic rings. The molecule has 0 radical (unpaired) electrons. The number of anilines is 1. The molecule has 0 bridgehead atoms. The van der Waals surface area contributed by atoms with E-state index >= 15 is 0 Å². The fourth-order valence-corrected chi connectivity index (χ4v) is 3.60. The van der Waals surface area contributed by atoms with Gasteiger partial charge in [-0.25, -0.2) is 13.1 Å². The van der Waals surface area contributed by atoms with E-state index in [1.165, 1.54) is 10.9 Å². The molecular weight excluding hydrogens is 358 g/mol. The molecule has 0 saturated heterocycles. The van der Waals surface area contributed by atoms with Crippen LogP contribution in [0.25, 0.3) is 11.4 Å². The third kappa shape index (κ3) is 3.59. The molecule has 0 fully saturated rings. The Labute approximate surface area is 131 Å². The number of nitrogen functional groups attached to an aromatic ring is 1. The summed E-state index contributed by atoms with van der Waals surface area (Å²) in [7, 11) is -3.13. The molecule has 2 N–H and O–H groups in total. The lowest BCUT2D eigenvalue weighted by Gasteiger charge is -2.14. The van der Waals surface area contributed by atoms with Crippen LogP contribution in [0.2, 0.25) is 0 Å². The van der Waals surface area contributed by atoms with Crippen LogP contribution in [0.4, 0.5) is 5.69 Å². The van der Waals surface area contributed by atoms with Gasteiger partial charge in [0.1, 0.15) is 9.84 Å². The Hall–Kier alpha value is -1.48. The van der Waals surface area contributed by atoms with E-state index in [-0.39, 0.29) is 11.8 Å². The lowest BCUT2D eigenvalue weighted by atomic mass is 10.1. The first kappa shape index (κ1) is 15.9. The molecule has 1 aromatic heterocycles. The monoisotopic (exact) mass is 373 g/mol. The number of halogens is 1. The summed E-state index contributed by atoms with van der Waals surface area (Å²) in [6, 6.07) is 3.29. The van der Waals surface area contributed by atoms with Gasteiger partial charge < -0.3 is 5.73 Å². The molecule has 9 heteroatoms. The van der Waals surface area contributed by atoms with Gasteiger partial charge in [-0.05, 0) is 42.0 Å². The molecule has 2 aromatic rings. The Kier molecular flexibility index (Phi) is 4.33. The smallest absolute Gasteiger partial charge is 0.182 e. The highest BCUT2D eigenvalue weighted by molar-refractivity contribution is 9.10. The molecule has 7 nitrogen and oxygen atoms in total. The molecule has 1 heterocycles. The van der Waals surface area contributed by atoms with Gasteiger partial charge in [-0.2, -0.15) is 0 Å². The second kappa shape index (κ2) is 5.72. The Bertz CT molecular complexity index is 772. The molecule has 21 heavy (non-hydrogen) atoms. The molecule has 1 atom stereocenters. The van der Waals surface area contributed by atoms with E-state index in [0.29, 0.717) is 11.5 Å². The molecular formula is C12H16BrN5O2S. The van der Waals surface area contributed by atoms with Crippen molar-refractivity contribution in [1.82, 2.24) is 20.2 Å². The van der Waals surface area contributed by atoms with Gasteiger partial charge in [-0.15, -0.1) is 5.10 Å². The maximum atomic E-state index is 11.5. The van der Waals surface area contributed by atoms with Gasteiger partial charge in [-0.1, -0.05) is 15.9 Å². The zero-order chi connectivity index (χ0) is 15.8. The van der Waals surface area contributed by atoms with Crippen LogP contribution in [0.1, 0.15) is 18.5 Å². The predicted molar refractivity (Wildman–Crippen MR) is 84.5 cm³/mol. The summed E-state index contributed by atoms with van der Waals surface area (Å²) >= 11 is 3.39. The Balaban J connectivity index is 2.51. The van der Waals surface area contributed by atoms with Crippen molar-refractivity contribution in [3.8, 4) is 11.4 Å². The zero-order valence-corrected chi connectivity index (χ0v) is 14.3. The second-order valence-corrected chi connectivity index (χ2v) is 8.16. The third-order valence-corrected chi connectivity index (χ3v) is 4.65. The van der Waals surface area contributed by atoms with Gasteiger partial charge in [0.15, 0.2) is 5.82 Å². The zero-order valence-electron chi connectivity index (χ0n) is 11.9. The van der Waals surface area contributed by atoms with Crippen LogP contribution in [0.3, 0.4) is 0 Å². The topological polar surface area (TPSA) is 104 Å². The fraction of sp³-hybridized carbons (Fsp3) is 0.417. The van der Waals surface area contributed by atoms with Crippen LogP contribution in [-0.4, -0.2) is 40.6 Å². The number of rotatable bonds is 4. The summed E-state index contributed by atoms with van der Waals surface area (Å²) < 4.78 is 25.2. The van der Waals surface area contributed by atoms with E-state index in [0.717, 1.165) is 15.6 Å². The molecule has 1 aromatic carbocycles. The van der Waals surface area contributed by atoms with Crippen LogP contribution in [0.15, 0.2) is 16.6 Å². The molecule has 0 aliphatic heterocycles. The van der Waals surface area contributed by atoms with E-state index in [9.17, 15) is 8.42 Å². The maximum absolute atomic E-state index is 11.5. The van der Waals surface area contributed by atoms with E-state index in [1.54, 1.807) is 13.0 Å². The lowest BCUT2D eigenvalue weighted by Crippen LogP contribution is -2.18. The molecule has 0 spiro atoms. The summed E-state index contributed by atoms with van der Waals surface area (Å²) in [4.78, 5) is 0. The minimum Gasteiger partial charge on any atom is -0.398 e. The van der Waals surface area contributed by atoms with Crippen LogP contribution in [-0.2, 0) is 9.84 Å². The van der Waals surface area contributed by atoms with Crippen molar-refractivity contribution in [3.05, 3.63) is 22.2 Å². The molecule has 0 amide bonds. The highest BCUT2D eigenvalue weighted by Gasteiger charge is 2.20. The SMILES string of the molecule is Cc1c(N)cc(Br)cc1-c1nnnn1C(C)CS(C)(=O)=O. The number of sulfone groups is 1. The lowest BCUT2D eigenvalue weighted by molar-refractivity contribution is 0.509. The van der Waals surface area contributed by atoms with Crippen LogP contribution >= 0.6 is 15.9 Å². The first-order valence-electron chi connectivity index (χ1n) is 6.20. The van der Waals surface area contributed by atoms with Gasteiger partial charge in [0.2, 0.25) is 0 Å². The number of tetrazole rings is 1. The average Bonchev–Trinajstić information content (AvgIpc) is 2.80. The average molecular weight is 374 g/mol. The molecule has 0 aliphatic carbocycles. The molecule has 0 saturated carbocycles. The predicted octanol–water partition coefficient (Wildman–Crippen LogP) is 1.60. The van der Waals surface area contributed by atoms with E-state index in [2.05, 4.69) is 31.5 Å². The standard InChI is InChI=1S/C12H16BrN5O2S/c1-7(6-21(3,19)20)18-12(15-16-17-18)10-4-9(13)5-11(14)8(10)2/h4-5,7H,6,14H2,1-3H3. The van der Waals surface area contributed by atoms with Gasteiger partial charge in [0.05, 0.1) is 11.8 Å². The Morgan fingerprint density at radius 2 is 2.10 bits per heavy atom. The molecule has 114 valence electrons. The number of nitrogens with zero attached hydrogens (tertiary/aromatic N) is 4. The summed E-state index contributed by atoms with van der Waals surface area (Å²) in [6.07, 6.45) is 1.19. The second-order valence-electron chi connectivity index (χ2n) is 5.06. The first-order chi connectivity index (χ1) is 9.69. The normalized spacial score (nSPS) is 13.3. The van der Waals surface area contributed by atoms with Crippen LogP contribution in [0.5, 0.6) is 0 Å². The number of hydrogen-bond donors (Lipinski definition) is 1. The van der Waals surface area contributed by atoms with Crippen LogP contribution in [0, 0.1) is 6.92 Å². The van der Waals surface area contributed by atoms with Crippen molar-refractivity contribution in [3.63, 3.8) is 0 Å². The summed E-state index contributed by atoms with van der Waals surface area (Å²) in [5, 5.41) is 11.6. The van der Waals surface area contributed by atoms with Gasteiger partial charge in [0, 0.05) is 22.0 Å². The van der Waals surface area contributed by atoms with Crippen LogP contribution < -0.4 is 5.73 Å². The minimum absolute atomic E-state index is 0.0342. The largest absolute Gasteiger partial charge is 0.398 e. The van der Waals surface area contributed by atoms with Gasteiger partial charge in [-0.3, -0.25) is 0 Å². The summed E-state index contributed by atoms with van der Waals surface area (Å²) in [6.45, 7) is 3.63. The number of benzene rings is 1. The number of hydrogen-bond acceptors (Lipinski definition) is 6. The van der Waals surface area contributed by atoms with Crippen molar-refractivity contribution in [2.24, 2.45) is 0 Å². The molecule has 1 unspecified atom stereocenters. The fourth-order valence-electron chi connectivity index (χ4n) is 2.11. The minimum atomic E-state index is -3.13. The van der Waals surface area contributed by atoms with E-state index in [4.69, 9.17) is 5.73 Å². The Morgan fingerprint density at radius 1 is 1.43 bits per heavy atom. The molecule has 2 rings (SSSR count).